The molecule has 0 aliphatic rings. The molecule has 0 saturated heterocycles. The van der Waals surface area contributed by atoms with Crippen LogP contribution in [0.3, 0.4) is 0 Å². The first kappa shape index (κ1) is 19.8. The predicted octanol–water partition coefficient (Wildman–Crippen LogP) is 2.18. The molecule has 1 aromatic carbocycles. The van der Waals surface area contributed by atoms with Crippen LogP contribution in [-0.4, -0.2) is 58.3 Å². The third kappa shape index (κ3) is 5.77. The molecule has 0 aliphatic heterocycles. The van der Waals surface area contributed by atoms with Gasteiger partial charge in [-0.3, -0.25) is 4.79 Å². The number of nitrogens with one attached hydrogen (secondary N) is 1. The van der Waals surface area contributed by atoms with E-state index in [1.54, 1.807) is 39.5 Å². The zero-order valence-corrected chi connectivity index (χ0v) is 15.2. The number of benzene rings is 1. The van der Waals surface area contributed by atoms with E-state index in [1.165, 1.54) is 6.08 Å². The highest BCUT2D eigenvalue weighted by atomic mass is 16.5. The normalized spacial score (nSPS) is 10.9. The molecular formula is C18H28N2O4. The second kappa shape index (κ2) is 10.5. The van der Waals surface area contributed by atoms with Gasteiger partial charge in [-0.1, -0.05) is 13.8 Å². The van der Waals surface area contributed by atoms with Gasteiger partial charge in [-0.2, -0.15) is 0 Å². The highest BCUT2D eigenvalue weighted by molar-refractivity contribution is 5.92. The Labute approximate surface area is 144 Å². The average molecular weight is 336 g/mol. The molecule has 0 spiro atoms. The van der Waals surface area contributed by atoms with Gasteiger partial charge in [0, 0.05) is 30.8 Å². The van der Waals surface area contributed by atoms with Crippen molar-refractivity contribution in [1.82, 2.24) is 10.2 Å². The summed E-state index contributed by atoms with van der Waals surface area (Å²) in [7, 11) is 4.70. The lowest BCUT2D eigenvalue weighted by Crippen LogP contribution is -2.34. The van der Waals surface area contributed by atoms with Crippen LogP contribution in [0.2, 0.25) is 0 Å². The number of amides is 1. The predicted molar refractivity (Wildman–Crippen MR) is 95.9 cm³/mol. The Hall–Kier alpha value is -2.21. The first-order valence-electron chi connectivity index (χ1n) is 8.07. The summed E-state index contributed by atoms with van der Waals surface area (Å²) in [6, 6.07) is 3.51. The SMILES string of the molecule is CCN(CC)CCNC(=O)/C=C/c1cc(OC)c(OC)cc1OC. The third-order valence-corrected chi connectivity index (χ3v) is 3.77. The van der Waals surface area contributed by atoms with E-state index in [1.807, 2.05) is 0 Å². The lowest BCUT2D eigenvalue weighted by Gasteiger charge is -2.17. The smallest absolute Gasteiger partial charge is 0.244 e. The van der Waals surface area contributed by atoms with Gasteiger partial charge in [0.15, 0.2) is 11.5 Å². The highest BCUT2D eigenvalue weighted by Crippen LogP contribution is 2.35. The van der Waals surface area contributed by atoms with Crippen LogP contribution in [-0.2, 0) is 4.79 Å². The largest absolute Gasteiger partial charge is 0.496 e. The molecule has 0 aliphatic carbocycles. The molecule has 6 heteroatoms. The molecule has 0 saturated carbocycles. The molecule has 1 aromatic rings. The van der Waals surface area contributed by atoms with Crippen molar-refractivity contribution in [3.8, 4) is 17.2 Å². The minimum atomic E-state index is -0.140. The summed E-state index contributed by atoms with van der Waals surface area (Å²) in [5.41, 5.74) is 0.744. The van der Waals surface area contributed by atoms with Gasteiger partial charge in [-0.25, -0.2) is 0 Å². The fourth-order valence-corrected chi connectivity index (χ4v) is 2.28. The fourth-order valence-electron chi connectivity index (χ4n) is 2.28. The molecule has 1 amide bonds. The minimum absolute atomic E-state index is 0.140. The maximum Gasteiger partial charge on any atom is 0.244 e. The van der Waals surface area contributed by atoms with Gasteiger partial charge in [0.25, 0.3) is 0 Å². The standard InChI is InChI=1S/C18H28N2O4/c1-6-20(7-2)11-10-19-18(21)9-8-14-12-16(23-4)17(24-5)13-15(14)22-3/h8-9,12-13H,6-7,10-11H2,1-5H3,(H,19,21)/b9-8+. The Morgan fingerprint density at radius 3 is 2.17 bits per heavy atom. The summed E-state index contributed by atoms with van der Waals surface area (Å²) in [5.74, 6) is 1.63. The Balaban J connectivity index is 2.73. The van der Waals surface area contributed by atoms with Gasteiger partial charge in [0.05, 0.1) is 21.3 Å². The summed E-state index contributed by atoms with van der Waals surface area (Å²) in [5, 5.41) is 2.88. The lowest BCUT2D eigenvalue weighted by atomic mass is 10.1. The van der Waals surface area contributed by atoms with E-state index in [0.717, 1.165) is 25.2 Å². The Kier molecular flexibility index (Phi) is 8.71. The molecule has 0 fully saturated rings. The Bertz CT molecular complexity index is 554. The van der Waals surface area contributed by atoms with Gasteiger partial charge in [-0.15, -0.1) is 0 Å². The van der Waals surface area contributed by atoms with Crippen LogP contribution in [0.4, 0.5) is 0 Å². The number of likely N-dealkylation sites (N-methyl/N-ethyl adjacent to an activating group) is 1. The first-order valence-corrected chi connectivity index (χ1v) is 8.07. The van der Waals surface area contributed by atoms with Crippen molar-refractivity contribution in [2.24, 2.45) is 0 Å². The maximum atomic E-state index is 11.9. The van der Waals surface area contributed by atoms with Gasteiger partial charge >= 0.3 is 0 Å². The third-order valence-electron chi connectivity index (χ3n) is 3.77. The van der Waals surface area contributed by atoms with Crippen LogP contribution in [0.15, 0.2) is 18.2 Å². The lowest BCUT2D eigenvalue weighted by molar-refractivity contribution is -0.116. The van der Waals surface area contributed by atoms with Crippen molar-refractivity contribution in [2.45, 2.75) is 13.8 Å². The van der Waals surface area contributed by atoms with Crippen LogP contribution in [0.1, 0.15) is 19.4 Å². The van der Waals surface area contributed by atoms with E-state index in [-0.39, 0.29) is 5.91 Å². The quantitative estimate of drug-likeness (QED) is 0.664. The zero-order chi connectivity index (χ0) is 17.9. The molecule has 24 heavy (non-hydrogen) atoms. The Morgan fingerprint density at radius 2 is 1.62 bits per heavy atom. The second-order valence-electron chi connectivity index (χ2n) is 5.10. The number of rotatable bonds is 10. The number of carbonyl (C=O) groups is 1. The Morgan fingerprint density at radius 1 is 1.04 bits per heavy atom. The van der Waals surface area contributed by atoms with Crippen LogP contribution in [0.5, 0.6) is 17.2 Å². The summed E-state index contributed by atoms with van der Waals surface area (Å²) in [4.78, 5) is 14.2. The van der Waals surface area contributed by atoms with Crippen LogP contribution in [0.25, 0.3) is 6.08 Å². The highest BCUT2D eigenvalue weighted by Gasteiger charge is 2.10. The molecular weight excluding hydrogens is 308 g/mol. The summed E-state index contributed by atoms with van der Waals surface area (Å²) in [6.07, 6.45) is 3.19. The van der Waals surface area contributed by atoms with Crippen molar-refractivity contribution in [1.29, 1.82) is 0 Å². The number of methoxy groups -OCH3 is 3. The molecule has 0 bridgehead atoms. The summed E-state index contributed by atoms with van der Waals surface area (Å²) < 4.78 is 15.9. The van der Waals surface area contributed by atoms with Gasteiger partial charge < -0.3 is 24.4 Å². The van der Waals surface area contributed by atoms with E-state index in [0.29, 0.717) is 23.8 Å². The first-order chi connectivity index (χ1) is 11.6. The molecule has 0 atom stereocenters. The topological polar surface area (TPSA) is 60.0 Å². The minimum Gasteiger partial charge on any atom is -0.496 e. The molecule has 0 heterocycles. The van der Waals surface area contributed by atoms with Crippen LogP contribution < -0.4 is 19.5 Å². The van der Waals surface area contributed by atoms with E-state index in [2.05, 4.69) is 24.1 Å². The second-order valence-corrected chi connectivity index (χ2v) is 5.10. The molecule has 134 valence electrons. The molecule has 1 rings (SSSR count). The van der Waals surface area contributed by atoms with Crippen molar-refractivity contribution in [2.75, 3.05) is 47.5 Å². The van der Waals surface area contributed by atoms with E-state index < -0.39 is 0 Å². The number of carbonyl (C=O) groups excluding carboxylic acids is 1. The summed E-state index contributed by atoms with van der Waals surface area (Å²) in [6.45, 7) is 7.62. The van der Waals surface area contributed by atoms with E-state index >= 15 is 0 Å². The van der Waals surface area contributed by atoms with Crippen molar-refractivity contribution in [3.05, 3.63) is 23.8 Å². The monoisotopic (exact) mass is 336 g/mol. The molecule has 6 nitrogen and oxygen atoms in total. The molecule has 1 N–H and O–H groups in total. The van der Waals surface area contributed by atoms with E-state index in [9.17, 15) is 4.79 Å². The molecule has 0 radical (unpaired) electrons. The molecule has 0 unspecified atom stereocenters. The number of hydrogen-bond donors (Lipinski definition) is 1. The van der Waals surface area contributed by atoms with Gasteiger partial charge in [0.1, 0.15) is 5.75 Å². The number of nitrogens with zero attached hydrogens (tertiary/aromatic N) is 1. The van der Waals surface area contributed by atoms with Crippen molar-refractivity contribution >= 4 is 12.0 Å². The van der Waals surface area contributed by atoms with Gasteiger partial charge in [-0.05, 0) is 25.2 Å². The van der Waals surface area contributed by atoms with Crippen LogP contribution in [0, 0.1) is 0 Å². The number of hydrogen-bond acceptors (Lipinski definition) is 5. The number of ether oxygens (including phenoxy) is 3. The van der Waals surface area contributed by atoms with Crippen molar-refractivity contribution in [3.63, 3.8) is 0 Å². The van der Waals surface area contributed by atoms with E-state index in [4.69, 9.17) is 14.2 Å². The van der Waals surface area contributed by atoms with Crippen LogP contribution >= 0.6 is 0 Å². The zero-order valence-electron chi connectivity index (χ0n) is 15.2. The van der Waals surface area contributed by atoms with Gasteiger partial charge in [0.2, 0.25) is 5.91 Å². The maximum absolute atomic E-state index is 11.9. The van der Waals surface area contributed by atoms with Crippen molar-refractivity contribution < 1.29 is 19.0 Å². The average Bonchev–Trinajstić information content (AvgIpc) is 2.62. The fraction of sp³-hybridized carbons (Fsp3) is 0.500. The summed E-state index contributed by atoms with van der Waals surface area (Å²) >= 11 is 0. The molecule has 0 aromatic heterocycles.